The summed E-state index contributed by atoms with van der Waals surface area (Å²) in [7, 11) is 3.68. The van der Waals surface area contributed by atoms with Crippen molar-refractivity contribution in [2.75, 3.05) is 23.9 Å². The van der Waals surface area contributed by atoms with Crippen molar-refractivity contribution in [2.45, 2.75) is 0 Å². The molecule has 0 fully saturated rings. The second kappa shape index (κ2) is 7.94. The summed E-state index contributed by atoms with van der Waals surface area (Å²) < 4.78 is 1.80. The summed E-state index contributed by atoms with van der Waals surface area (Å²) in [6.45, 7) is 0. The minimum absolute atomic E-state index is 0.0936. The molecule has 5 aromatic rings. The van der Waals surface area contributed by atoms with Gasteiger partial charge < -0.3 is 9.80 Å². The number of para-hydroxylation sites is 1. The van der Waals surface area contributed by atoms with Crippen LogP contribution in [0.25, 0.3) is 16.7 Å². The number of carbonyl (C=O) groups is 1. The molecule has 1 amide bonds. The molecule has 0 atom stereocenters. The van der Waals surface area contributed by atoms with Gasteiger partial charge in [-0.05, 0) is 48.5 Å². The van der Waals surface area contributed by atoms with Crippen LogP contribution in [0.4, 0.5) is 17.2 Å². The first-order valence-corrected chi connectivity index (χ1v) is 10.4. The normalized spacial score (nSPS) is 11.1. The molecule has 158 valence electrons. The maximum absolute atomic E-state index is 13.1. The average molecular weight is 443 g/mol. The topological polar surface area (TPSA) is 66.6 Å². The highest BCUT2D eigenvalue weighted by Crippen LogP contribution is 2.32. The SMILES string of the molecule is CN(C(=O)c1cccc(N(C)c2nc3nncn3c3cc(Cl)ccc23)c1)c1ccccc1. The zero-order valence-corrected chi connectivity index (χ0v) is 18.2. The predicted octanol–water partition coefficient (Wildman–Crippen LogP) is 4.98. The van der Waals surface area contributed by atoms with Crippen molar-refractivity contribution in [1.29, 1.82) is 0 Å². The monoisotopic (exact) mass is 442 g/mol. The molecule has 5 rings (SSSR count). The number of anilines is 3. The van der Waals surface area contributed by atoms with E-state index in [1.165, 1.54) is 0 Å². The molecular weight excluding hydrogens is 424 g/mol. The molecule has 0 bridgehead atoms. The van der Waals surface area contributed by atoms with E-state index >= 15 is 0 Å². The quantitative estimate of drug-likeness (QED) is 0.393. The van der Waals surface area contributed by atoms with E-state index < -0.39 is 0 Å². The number of halogens is 1. The second-order valence-electron chi connectivity index (χ2n) is 7.41. The van der Waals surface area contributed by atoms with Crippen LogP contribution in [0.5, 0.6) is 0 Å². The Morgan fingerprint density at radius 1 is 0.938 bits per heavy atom. The highest BCUT2D eigenvalue weighted by atomic mass is 35.5. The third-order valence-electron chi connectivity index (χ3n) is 5.44. The van der Waals surface area contributed by atoms with E-state index in [1.54, 1.807) is 22.7 Å². The third kappa shape index (κ3) is 3.42. The smallest absolute Gasteiger partial charge is 0.258 e. The zero-order valence-electron chi connectivity index (χ0n) is 17.5. The summed E-state index contributed by atoms with van der Waals surface area (Å²) in [5.74, 6) is 1.07. The van der Waals surface area contributed by atoms with Crippen LogP contribution in [0.2, 0.25) is 5.02 Å². The van der Waals surface area contributed by atoms with Crippen molar-refractivity contribution in [3.8, 4) is 0 Å². The fourth-order valence-electron chi connectivity index (χ4n) is 3.71. The molecule has 7 nitrogen and oxygen atoms in total. The Labute approximate surface area is 189 Å². The van der Waals surface area contributed by atoms with Crippen molar-refractivity contribution in [1.82, 2.24) is 19.6 Å². The molecule has 32 heavy (non-hydrogen) atoms. The maximum Gasteiger partial charge on any atom is 0.258 e. The molecule has 3 aromatic carbocycles. The molecule has 0 aliphatic rings. The number of aromatic nitrogens is 4. The fraction of sp³-hybridized carbons (Fsp3) is 0.0833. The van der Waals surface area contributed by atoms with Gasteiger partial charge in [0.05, 0.1) is 5.52 Å². The van der Waals surface area contributed by atoms with Gasteiger partial charge in [0.25, 0.3) is 11.7 Å². The number of carbonyl (C=O) groups excluding carboxylic acids is 1. The molecule has 0 aliphatic carbocycles. The van der Waals surface area contributed by atoms with Crippen molar-refractivity contribution < 1.29 is 4.79 Å². The lowest BCUT2D eigenvalue weighted by atomic mass is 10.1. The van der Waals surface area contributed by atoms with Gasteiger partial charge >= 0.3 is 0 Å². The number of hydrogen-bond acceptors (Lipinski definition) is 5. The van der Waals surface area contributed by atoms with Gasteiger partial charge in [0.2, 0.25) is 0 Å². The molecule has 0 saturated heterocycles. The summed E-state index contributed by atoms with van der Waals surface area (Å²) in [6, 6.07) is 22.7. The van der Waals surface area contributed by atoms with Gasteiger partial charge in [-0.15, -0.1) is 10.2 Å². The number of nitrogens with zero attached hydrogens (tertiary/aromatic N) is 6. The highest BCUT2D eigenvalue weighted by molar-refractivity contribution is 6.31. The molecule has 0 spiro atoms. The molecule has 0 saturated carbocycles. The maximum atomic E-state index is 13.1. The van der Waals surface area contributed by atoms with Gasteiger partial charge in [0, 0.05) is 41.4 Å². The summed E-state index contributed by atoms with van der Waals surface area (Å²) in [6.07, 6.45) is 1.61. The average Bonchev–Trinajstić information content (AvgIpc) is 3.32. The zero-order chi connectivity index (χ0) is 22.2. The lowest BCUT2D eigenvalue weighted by Gasteiger charge is -2.22. The Hall–Kier alpha value is -3.97. The summed E-state index contributed by atoms with van der Waals surface area (Å²) >= 11 is 6.24. The van der Waals surface area contributed by atoms with Crippen molar-refractivity contribution in [2.24, 2.45) is 0 Å². The van der Waals surface area contributed by atoms with Crippen LogP contribution in [-0.4, -0.2) is 39.6 Å². The van der Waals surface area contributed by atoms with E-state index in [9.17, 15) is 4.79 Å². The number of benzene rings is 3. The van der Waals surface area contributed by atoms with Crippen molar-refractivity contribution in [3.63, 3.8) is 0 Å². The van der Waals surface area contributed by atoms with Crippen molar-refractivity contribution in [3.05, 3.63) is 89.7 Å². The van der Waals surface area contributed by atoms with E-state index in [-0.39, 0.29) is 5.91 Å². The number of amides is 1. The Balaban J connectivity index is 1.56. The van der Waals surface area contributed by atoms with E-state index in [4.69, 9.17) is 16.6 Å². The van der Waals surface area contributed by atoms with Crippen LogP contribution in [0.3, 0.4) is 0 Å². The van der Waals surface area contributed by atoms with E-state index in [0.29, 0.717) is 22.2 Å². The van der Waals surface area contributed by atoms with Crippen LogP contribution >= 0.6 is 11.6 Å². The van der Waals surface area contributed by atoms with Crippen LogP contribution in [-0.2, 0) is 0 Å². The Bertz CT molecular complexity index is 1450. The standard InChI is InChI=1S/C24H19ClN6O/c1-29(22-20-12-11-17(25)14-21(20)31-15-26-28-24(31)27-22)19-10-6-7-16(13-19)23(32)30(2)18-8-4-3-5-9-18/h3-15H,1-2H3. The van der Waals surface area contributed by atoms with Gasteiger partial charge in [-0.2, -0.15) is 4.98 Å². The van der Waals surface area contributed by atoms with E-state index in [2.05, 4.69) is 10.2 Å². The fourth-order valence-corrected chi connectivity index (χ4v) is 3.88. The molecule has 0 N–H and O–H groups in total. The van der Waals surface area contributed by atoms with Gasteiger partial charge in [-0.1, -0.05) is 35.9 Å². The second-order valence-corrected chi connectivity index (χ2v) is 7.84. The van der Waals surface area contributed by atoms with Crippen molar-refractivity contribution >= 4 is 51.4 Å². The van der Waals surface area contributed by atoms with Crippen LogP contribution in [0, 0.1) is 0 Å². The molecule has 0 radical (unpaired) electrons. The molecule has 0 unspecified atom stereocenters. The Kier molecular flexibility index (Phi) is 4.95. The number of fused-ring (bicyclic) bond motifs is 3. The van der Waals surface area contributed by atoms with Crippen LogP contribution < -0.4 is 9.80 Å². The first-order valence-electron chi connectivity index (χ1n) is 9.99. The van der Waals surface area contributed by atoms with E-state index in [1.807, 2.05) is 84.7 Å². The molecule has 2 heterocycles. The molecule has 8 heteroatoms. The summed E-state index contributed by atoms with van der Waals surface area (Å²) in [5.41, 5.74) is 3.09. The number of rotatable bonds is 4. The van der Waals surface area contributed by atoms with Gasteiger partial charge in [-0.3, -0.25) is 9.20 Å². The lowest BCUT2D eigenvalue weighted by Crippen LogP contribution is -2.26. The van der Waals surface area contributed by atoms with Gasteiger partial charge in [0.1, 0.15) is 12.1 Å². The van der Waals surface area contributed by atoms with Crippen LogP contribution in [0.1, 0.15) is 10.4 Å². The van der Waals surface area contributed by atoms with Gasteiger partial charge in [-0.25, -0.2) is 0 Å². The first kappa shape index (κ1) is 20.0. The lowest BCUT2D eigenvalue weighted by molar-refractivity contribution is 0.0993. The highest BCUT2D eigenvalue weighted by Gasteiger charge is 2.18. The van der Waals surface area contributed by atoms with Crippen LogP contribution in [0.15, 0.2) is 79.1 Å². The summed E-state index contributed by atoms with van der Waals surface area (Å²) in [5, 5.41) is 9.59. The third-order valence-corrected chi connectivity index (χ3v) is 5.68. The van der Waals surface area contributed by atoms with E-state index in [0.717, 1.165) is 22.3 Å². The number of hydrogen-bond donors (Lipinski definition) is 0. The largest absolute Gasteiger partial charge is 0.329 e. The Morgan fingerprint density at radius 2 is 1.72 bits per heavy atom. The van der Waals surface area contributed by atoms with Gasteiger partial charge in [0.15, 0.2) is 0 Å². The molecular formula is C24H19ClN6O. The summed E-state index contributed by atoms with van der Waals surface area (Å²) in [4.78, 5) is 21.4. The minimum atomic E-state index is -0.0936. The minimum Gasteiger partial charge on any atom is -0.329 e. The first-order chi connectivity index (χ1) is 15.5. The molecule has 0 aliphatic heterocycles. The Morgan fingerprint density at radius 3 is 2.53 bits per heavy atom. The predicted molar refractivity (Wildman–Crippen MR) is 127 cm³/mol. The molecule has 2 aromatic heterocycles.